The summed E-state index contributed by atoms with van der Waals surface area (Å²) in [5.41, 5.74) is -0.227. The van der Waals surface area contributed by atoms with Crippen LogP contribution in [0.3, 0.4) is 0 Å². The number of anilines is 2. The number of halogens is 1. The zero-order valence-corrected chi connectivity index (χ0v) is 17.1. The molecular weight excluding hydrogens is 418 g/mol. The molecule has 0 radical (unpaired) electrons. The molecule has 1 fully saturated rings. The lowest BCUT2D eigenvalue weighted by Gasteiger charge is -2.48. The lowest BCUT2D eigenvalue weighted by Crippen LogP contribution is -2.69. The normalized spacial score (nSPS) is 19.9. The van der Waals surface area contributed by atoms with Crippen molar-refractivity contribution in [2.24, 2.45) is 0 Å². The maximum absolute atomic E-state index is 13.7. The number of amides is 3. The van der Waals surface area contributed by atoms with Crippen molar-refractivity contribution in [3.63, 3.8) is 0 Å². The number of furan rings is 1. The fraction of sp³-hybridized carbons (Fsp3) is 0.174. The average Bonchev–Trinajstić information content (AvgIpc) is 3.39. The summed E-state index contributed by atoms with van der Waals surface area (Å²) in [6.07, 6.45) is 1.81. The molecule has 1 aromatic heterocycles. The van der Waals surface area contributed by atoms with E-state index in [9.17, 15) is 14.4 Å². The number of carbonyl (C=O) groups is 3. The third-order valence-corrected chi connectivity index (χ3v) is 5.95. The second-order valence-corrected chi connectivity index (χ2v) is 7.93. The summed E-state index contributed by atoms with van der Waals surface area (Å²) in [5.74, 6) is -0.512. The molecular formula is C23H18ClN3O4. The summed E-state index contributed by atoms with van der Waals surface area (Å²) in [5, 5.41) is 3.32. The van der Waals surface area contributed by atoms with Crippen molar-refractivity contribution >= 4 is 40.7 Å². The first-order valence-corrected chi connectivity index (χ1v) is 10.2. The smallest absolute Gasteiger partial charge is 0.271 e. The number of hydrogen-bond acceptors (Lipinski definition) is 4. The molecule has 3 amide bonds. The van der Waals surface area contributed by atoms with Crippen molar-refractivity contribution in [3.05, 3.63) is 83.3 Å². The lowest BCUT2D eigenvalue weighted by atomic mass is 9.95. The number of para-hydroxylation sites is 1. The molecule has 2 aromatic carbocycles. The van der Waals surface area contributed by atoms with Gasteiger partial charge in [0.15, 0.2) is 0 Å². The molecule has 0 bridgehead atoms. The van der Waals surface area contributed by atoms with E-state index >= 15 is 0 Å². The minimum absolute atomic E-state index is 0.0485. The van der Waals surface area contributed by atoms with Gasteiger partial charge in [-0.3, -0.25) is 24.2 Å². The van der Waals surface area contributed by atoms with E-state index in [-0.39, 0.29) is 31.2 Å². The molecule has 31 heavy (non-hydrogen) atoms. The van der Waals surface area contributed by atoms with Gasteiger partial charge in [0.05, 0.1) is 24.1 Å². The summed E-state index contributed by atoms with van der Waals surface area (Å²) in [7, 11) is 0. The van der Waals surface area contributed by atoms with Gasteiger partial charge in [0.25, 0.3) is 11.8 Å². The monoisotopic (exact) mass is 435 g/mol. The summed E-state index contributed by atoms with van der Waals surface area (Å²) in [6.45, 7) is 0.0485. The summed E-state index contributed by atoms with van der Waals surface area (Å²) in [4.78, 5) is 43.2. The standard InChI is InChI=1S/C23H18ClN3O4/c24-15-5-3-6-16(13-15)25-22(30)23-11-10-20(28)27(23)19-9-2-1-8-18(19)21(29)26(23)14-17-7-4-12-31-17/h1-9,12-13H,10-11,14H2,(H,25,30)/t23-/m0/s1. The molecule has 0 aliphatic carbocycles. The molecule has 1 N–H and O–H groups in total. The number of nitrogens with one attached hydrogen (secondary N) is 1. The van der Waals surface area contributed by atoms with E-state index in [0.29, 0.717) is 27.7 Å². The topological polar surface area (TPSA) is 82.9 Å². The Morgan fingerprint density at radius 1 is 1.10 bits per heavy atom. The Labute approximate surface area is 183 Å². The van der Waals surface area contributed by atoms with Crippen LogP contribution in [0, 0.1) is 0 Å². The number of carbonyl (C=O) groups excluding carboxylic acids is 3. The number of rotatable bonds is 4. The molecule has 3 heterocycles. The molecule has 8 heteroatoms. The van der Waals surface area contributed by atoms with Gasteiger partial charge in [-0.2, -0.15) is 0 Å². The first-order chi connectivity index (χ1) is 15.0. The Bertz CT molecular complexity index is 1190. The lowest BCUT2D eigenvalue weighted by molar-refractivity contribution is -0.129. The minimum Gasteiger partial charge on any atom is -0.467 e. The quantitative estimate of drug-likeness (QED) is 0.670. The molecule has 1 atom stereocenters. The Kier molecular flexibility index (Phi) is 4.55. The van der Waals surface area contributed by atoms with Crippen LogP contribution in [-0.2, 0) is 16.1 Å². The predicted octanol–water partition coefficient (Wildman–Crippen LogP) is 4.05. The van der Waals surface area contributed by atoms with Crippen LogP contribution in [0.25, 0.3) is 0 Å². The van der Waals surface area contributed by atoms with E-state index in [1.165, 1.54) is 16.1 Å². The first-order valence-electron chi connectivity index (χ1n) is 9.84. The fourth-order valence-corrected chi connectivity index (χ4v) is 4.55. The number of hydrogen-bond donors (Lipinski definition) is 1. The molecule has 0 spiro atoms. The van der Waals surface area contributed by atoms with Crippen LogP contribution in [-0.4, -0.2) is 28.3 Å². The Morgan fingerprint density at radius 3 is 2.71 bits per heavy atom. The zero-order chi connectivity index (χ0) is 21.6. The Hall–Kier alpha value is -3.58. The second kappa shape index (κ2) is 7.28. The third kappa shape index (κ3) is 3.00. The molecule has 2 aliphatic heterocycles. The summed E-state index contributed by atoms with van der Waals surface area (Å²) >= 11 is 6.07. The van der Waals surface area contributed by atoms with Gasteiger partial charge < -0.3 is 9.73 Å². The van der Waals surface area contributed by atoms with Gasteiger partial charge in [0.1, 0.15) is 5.76 Å². The molecule has 1 saturated heterocycles. The molecule has 7 nitrogen and oxygen atoms in total. The zero-order valence-electron chi connectivity index (χ0n) is 16.4. The van der Waals surface area contributed by atoms with Crippen LogP contribution in [0.5, 0.6) is 0 Å². The second-order valence-electron chi connectivity index (χ2n) is 7.50. The van der Waals surface area contributed by atoms with Crippen LogP contribution in [0.1, 0.15) is 29.0 Å². The third-order valence-electron chi connectivity index (χ3n) is 5.71. The predicted molar refractivity (Wildman–Crippen MR) is 115 cm³/mol. The van der Waals surface area contributed by atoms with Gasteiger partial charge in [-0.25, -0.2) is 0 Å². The highest BCUT2D eigenvalue weighted by Crippen LogP contribution is 2.45. The van der Waals surface area contributed by atoms with Gasteiger partial charge >= 0.3 is 0 Å². The molecule has 2 aliphatic rings. The fourth-order valence-electron chi connectivity index (χ4n) is 4.36. The van der Waals surface area contributed by atoms with E-state index in [1.807, 2.05) is 0 Å². The summed E-state index contributed by atoms with van der Waals surface area (Å²) < 4.78 is 5.46. The van der Waals surface area contributed by atoms with Crippen LogP contribution < -0.4 is 10.2 Å². The Balaban J connectivity index is 1.65. The number of benzene rings is 2. The van der Waals surface area contributed by atoms with Gasteiger partial charge in [-0.05, 0) is 42.5 Å². The van der Waals surface area contributed by atoms with Gasteiger partial charge in [0.2, 0.25) is 11.6 Å². The van der Waals surface area contributed by atoms with E-state index < -0.39 is 11.6 Å². The van der Waals surface area contributed by atoms with E-state index in [1.54, 1.807) is 60.7 Å². The average molecular weight is 436 g/mol. The largest absolute Gasteiger partial charge is 0.467 e. The van der Waals surface area contributed by atoms with Gasteiger partial charge in [0, 0.05) is 23.6 Å². The van der Waals surface area contributed by atoms with E-state index in [2.05, 4.69) is 5.32 Å². The van der Waals surface area contributed by atoms with Gasteiger partial charge in [-0.1, -0.05) is 29.8 Å². The minimum atomic E-state index is -1.52. The summed E-state index contributed by atoms with van der Waals surface area (Å²) in [6, 6.07) is 17.0. The van der Waals surface area contributed by atoms with Crippen LogP contribution >= 0.6 is 11.6 Å². The molecule has 156 valence electrons. The number of fused-ring (bicyclic) bond motifs is 3. The van der Waals surface area contributed by atoms with Crippen molar-refractivity contribution in [1.82, 2.24) is 4.90 Å². The van der Waals surface area contributed by atoms with Crippen LogP contribution in [0.4, 0.5) is 11.4 Å². The molecule has 5 rings (SSSR count). The SMILES string of the molecule is O=C1c2ccccc2N2C(=O)CC[C@]2(C(=O)Nc2cccc(Cl)c2)N1Cc1ccco1. The van der Waals surface area contributed by atoms with Gasteiger partial charge in [-0.15, -0.1) is 0 Å². The van der Waals surface area contributed by atoms with E-state index in [0.717, 1.165) is 0 Å². The van der Waals surface area contributed by atoms with Crippen molar-refractivity contribution in [2.45, 2.75) is 25.0 Å². The maximum Gasteiger partial charge on any atom is 0.271 e. The highest BCUT2D eigenvalue weighted by molar-refractivity contribution is 6.31. The Morgan fingerprint density at radius 2 is 1.94 bits per heavy atom. The molecule has 0 unspecified atom stereocenters. The van der Waals surface area contributed by atoms with Crippen molar-refractivity contribution in [3.8, 4) is 0 Å². The van der Waals surface area contributed by atoms with Crippen LogP contribution in [0.2, 0.25) is 5.02 Å². The van der Waals surface area contributed by atoms with Crippen molar-refractivity contribution in [2.75, 3.05) is 10.2 Å². The van der Waals surface area contributed by atoms with E-state index in [4.69, 9.17) is 16.0 Å². The molecule has 0 saturated carbocycles. The van der Waals surface area contributed by atoms with Crippen molar-refractivity contribution < 1.29 is 18.8 Å². The maximum atomic E-state index is 13.7. The first kappa shape index (κ1) is 19.4. The number of nitrogens with zero attached hydrogens (tertiary/aromatic N) is 2. The highest BCUT2D eigenvalue weighted by Gasteiger charge is 2.61. The highest BCUT2D eigenvalue weighted by atomic mass is 35.5. The van der Waals surface area contributed by atoms with Crippen LogP contribution in [0.15, 0.2) is 71.3 Å². The molecule has 3 aromatic rings. The van der Waals surface area contributed by atoms with Crippen molar-refractivity contribution in [1.29, 1.82) is 0 Å².